The minimum absolute atomic E-state index is 0.531. The van der Waals surface area contributed by atoms with Crippen LogP contribution in [0.4, 0.5) is 0 Å². The normalized spacial score (nSPS) is 30.6. The van der Waals surface area contributed by atoms with Gasteiger partial charge in [-0.25, -0.2) is 0 Å². The number of thioether (sulfide) groups is 1. The molecule has 2 aliphatic rings. The molecule has 2 fully saturated rings. The van der Waals surface area contributed by atoms with Crippen molar-refractivity contribution >= 4 is 11.8 Å². The van der Waals surface area contributed by atoms with Gasteiger partial charge in [-0.1, -0.05) is 0 Å². The SMILES string of the molecule is NNC(CC1CCOCC1)C1CCSC1. The third kappa shape index (κ3) is 3.34. The Kier molecular flexibility index (Phi) is 4.75. The van der Waals surface area contributed by atoms with Crippen molar-refractivity contribution in [1.29, 1.82) is 0 Å². The molecule has 2 aliphatic heterocycles. The fraction of sp³-hybridized carbons (Fsp3) is 1.00. The van der Waals surface area contributed by atoms with E-state index in [4.69, 9.17) is 10.6 Å². The van der Waals surface area contributed by atoms with Crippen molar-refractivity contribution in [1.82, 2.24) is 5.43 Å². The van der Waals surface area contributed by atoms with E-state index < -0.39 is 0 Å². The van der Waals surface area contributed by atoms with E-state index >= 15 is 0 Å². The van der Waals surface area contributed by atoms with E-state index in [1.807, 2.05) is 0 Å². The molecule has 2 atom stereocenters. The molecule has 3 nitrogen and oxygen atoms in total. The summed E-state index contributed by atoms with van der Waals surface area (Å²) in [6.45, 7) is 1.89. The van der Waals surface area contributed by atoms with E-state index in [0.717, 1.165) is 25.0 Å². The predicted molar refractivity (Wildman–Crippen MR) is 64.7 cm³/mol. The highest BCUT2D eigenvalue weighted by Gasteiger charge is 2.27. The van der Waals surface area contributed by atoms with Gasteiger partial charge in [0.25, 0.3) is 0 Å². The van der Waals surface area contributed by atoms with Crippen LogP contribution in [-0.4, -0.2) is 30.8 Å². The van der Waals surface area contributed by atoms with Crippen molar-refractivity contribution in [2.45, 2.75) is 31.7 Å². The first-order valence-electron chi connectivity index (χ1n) is 6.01. The summed E-state index contributed by atoms with van der Waals surface area (Å²) in [6, 6.07) is 0.531. The number of hydrazine groups is 1. The summed E-state index contributed by atoms with van der Waals surface area (Å²) in [5.74, 6) is 9.90. The van der Waals surface area contributed by atoms with Crippen LogP contribution in [0.5, 0.6) is 0 Å². The fourth-order valence-electron chi connectivity index (χ4n) is 2.61. The summed E-state index contributed by atoms with van der Waals surface area (Å²) >= 11 is 2.07. The third-order valence-electron chi connectivity index (χ3n) is 3.68. The van der Waals surface area contributed by atoms with Gasteiger partial charge in [-0.15, -0.1) is 0 Å². The van der Waals surface area contributed by atoms with E-state index in [-0.39, 0.29) is 0 Å². The zero-order valence-electron chi connectivity index (χ0n) is 9.28. The number of nitrogens with one attached hydrogen (secondary N) is 1. The third-order valence-corrected chi connectivity index (χ3v) is 4.86. The average molecular weight is 230 g/mol. The maximum Gasteiger partial charge on any atom is 0.0468 e. The van der Waals surface area contributed by atoms with Gasteiger partial charge >= 0.3 is 0 Å². The van der Waals surface area contributed by atoms with Gasteiger partial charge in [0.1, 0.15) is 0 Å². The van der Waals surface area contributed by atoms with E-state index in [9.17, 15) is 0 Å². The molecule has 2 saturated heterocycles. The first-order valence-corrected chi connectivity index (χ1v) is 7.17. The monoisotopic (exact) mass is 230 g/mol. The number of hydrogen-bond donors (Lipinski definition) is 2. The Morgan fingerprint density at radius 2 is 2.13 bits per heavy atom. The first-order chi connectivity index (χ1) is 7.40. The highest BCUT2D eigenvalue weighted by atomic mass is 32.2. The summed E-state index contributed by atoms with van der Waals surface area (Å²) in [7, 11) is 0. The van der Waals surface area contributed by atoms with Gasteiger partial charge in [0, 0.05) is 19.3 Å². The minimum atomic E-state index is 0.531. The lowest BCUT2D eigenvalue weighted by Crippen LogP contribution is -2.42. The Balaban J connectivity index is 1.78. The molecule has 0 aliphatic carbocycles. The molecule has 3 N–H and O–H groups in total. The molecule has 0 aromatic carbocycles. The van der Waals surface area contributed by atoms with E-state index in [1.165, 1.54) is 37.2 Å². The first kappa shape index (κ1) is 11.7. The Labute approximate surface area is 96.5 Å². The van der Waals surface area contributed by atoms with Gasteiger partial charge in [-0.3, -0.25) is 11.3 Å². The number of nitrogens with two attached hydrogens (primary N) is 1. The van der Waals surface area contributed by atoms with Crippen LogP contribution in [0.15, 0.2) is 0 Å². The topological polar surface area (TPSA) is 47.3 Å². The molecule has 0 spiro atoms. The lowest BCUT2D eigenvalue weighted by molar-refractivity contribution is 0.0584. The molecule has 0 bridgehead atoms. The molecular formula is C11H22N2OS. The molecule has 88 valence electrons. The van der Waals surface area contributed by atoms with Gasteiger partial charge in [0.05, 0.1) is 0 Å². The van der Waals surface area contributed by atoms with Gasteiger partial charge < -0.3 is 4.74 Å². The maximum absolute atomic E-state index is 5.68. The van der Waals surface area contributed by atoms with Gasteiger partial charge in [0.15, 0.2) is 0 Å². The summed E-state index contributed by atoms with van der Waals surface area (Å²) in [4.78, 5) is 0. The van der Waals surface area contributed by atoms with Crippen molar-refractivity contribution in [3.8, 4) is 0 Å². The van der Waals surface area contributed by atoms with Crippen molar-refractivity contribution < 1.29 is 4.74 Å². The number of ether oxygens (including phenoxy) is 1. The van der Waals surface area contributed by atoms with Crippen LogP contribution in [0.25, 0.3) is 0 Å². The van der Waals surface area contributed by atoms with Crippen LogP contribution in [0.2, 0.25) is 0 Å². The van der Waals surface area contributed by atoms with Crippen LogP contribution in [0.1, 0.15) is 25.7 Å². The van der Waals surface area contributed by atoms with Crippen LogP contribution in [0, 0.1) is 11.8 Å². The fourth-order valence-corrected chi connectivity index (χ4v) is 3.95. The van der Waals surface area contributed by atoms with Crippen LogP contribution < -0.4 is 11.3 Å². The molecule has 2 rings (SSSR count). The second-order valence-electron chi connectivity index (χ2n) is 4.69. The van der Waals surface area contributed by atoms with Crippen LogP contribution in [-0.2, 0) is 4.74 Å². The lowest BCUT2D eigenvalue weighted by Gasteiger charge is -2.29. The standard InChI is InChI=1S/C11H22N2OS/c12-13-11(10-3-6-15-8-10)7-9-1-4-14-5-2-9/h9-11,13H,1-8,12H2. The highest BCUT2D eigenvalue weighted by Crippen LogP contribution is 2.30. The van der Waals surface area contributed by atoms with Gasteiger partial charge in [-0.2, -0.15) is 11.8 Å². The Hall–Kier alpha value is 0.230. The lowest BCUT2D eigenvalue weighted by atomic mass is 9.86. The van der Waals surface area contributed by atoms with Crippen LogP contribution >= 0.6 is 11.8 Å². The number of hydrogen-bond acceptors (Lipinski definition) is 4. The molecule has 2 heterocycles. The summed E-state index contributed by atoms with van der Waals surface area (Å²) in [5, 5.41) is 0. The second kappa shape index (κ2) is 6.09. The summed E-state index contributed by atoms with van der Waals surface area (Å²) in [5.41, 5.74) is 3.04. The molecule has 0 amide bonds. The molecule has 0 aromatic heterocycles. The second-order valence-corrected chi connectivity index (χ2v) is 5.84. The highest BCUT2D eigenvalue weighted by molar-refractivity contribution is 7.99. The van der Waals surface area contributed by atoms with Gasteiger partial charge in [-0.05, 0) is 49.0 Å². The predicted octanol–water partition coefficient (Wildman–Crippen LogP) is 1.39. The zero-order valence-corrected chi connectivity index (χ0v) is 10.1. The van der Waals surface area contributed by atoms with Crippen LogP contribution in [0.3, 0.4) is 0 Å². The van der Waals surface area contributed by atoms with E-state index in [0.29, 0.717) is 6.04 Å². The van der Waals surface area contributed by atoms with Crippen molar-refractivity contribution in [2.75, 3.05) is 24.7 Å². The van der Waals surface area contributed by atoms with Crippen molar-refractivity contribution in [3.63, 3.8) is 0 Å². The largest absolute Gasteiger partial charge is 0.381 e. The number of rotatable bonds is 4. The van der Waals surface area contributed by atoms with E-state index in [2.05, 4.69) is 17.2 Å². The smallest absolute Gasteiger partial charge is 0.0468 e. The van der Waals surface area contributed by atoms with E-state index in [1.54, 1.807) is 0 Å². The molecule has 15 heavy (non-hydrogen) atoms. The quantitative estimate of drug-likeness (QED) is 0.566. The van der Waals surface area contributed by atoms with Crippen molar-refractivity contribution in [2.24, 2.45) is 17.7 Å². The van der Waals surface area contributed by atoms with Crippen molar-refractivity contribution in [3.05, 3.63) is 0 Å². The molecule has 2 unspecified atom stereocenters. The summed E-state index contributed by atoms with van der Waals surface area (Å²) in [6.07, 6.45) is 5.02. The molecule has 0 aromatic rings. The van der Waals surface area contributed by atoms with Gasteiger partial charge in [0.2, 0.25) is 0 Å². The Morgan fingerprint density at radius 1 is 1.33 bits per heavy atom. The Bertz CT molecular complexity index is 179. The average Bonchev–Trinajstić information content (AvgIpc) is 2.81. The maximum atomic E-state index is 5.68. The molecule has 0 saturated carbocycles. The molecular weight excluding hydrogens is 208 g/mol. The minimum Gasteiger partial charge on any atom is -0.381 e. The summed E-state index contributed by atoms with van der Waals surface area (Å²) < 4.78 is 5.38. The molecule has 4 heteroatoms. The Morgan fingerprint density at radius 3 is 2.73 bits per heavy atom. The molecule has 0 radical (unpaired) electrons. The zero-order chi connectivity index (χ0) is 10.5.